The molecule has 1 aromatic rings. The van der Waals surface area contributed by atoms with Gasteiger partial charge in [-0.25, -0.2) is 4.39 Å². The molecule has 0 saturated heterocycles. The van der Waals surface area contributed by atoms with Crippen LogP contribution in [0.2, 0.25) is 0 Å². The Morgan fingerprint density at radius 2 is 2.06 bits per heavy atom. The number of carbonyl (C=O) groups is 1. The molecule has 0 aromatic heterocycles. The molecule has 0 bridgehead atoms. The van der Waals surface area contributed by atoms with Crippen LogP contribution in [-0.2, 0) is 15.6 Å². The van der Waals surface area contributed by atoms with Crippen molar-refractivity contribution in [3.8, 4) is 0 Å². The molecule has 1 amide bonds. The van der Waals surface area contributed by atoms with Crippen LogP contribution in [-0.4, -0.2) is 34.4 Å². The van der Waals surface area contributed by atoms with E-state index in [-0.39, 0.29) is 16.5 Å². The van der Waals surface area contributed by atoms with Crippen molar-refractivity contribution in [1.82, 2.24) is 4.90 Å². The second-order valence-corrected chi connectivity index (χ2v) is 5.60. The summed E-state index contributed by atoms with van der Waals surface area (Å²) in [5.74, 6) is -0.806. The number of anilines is 1. The van der Waals surface area contributed by atoms with Gasteiger partial charge in [-0.1, -0.05) is 0 Å². The third-order valence-corrected chi connectivity index (χ3v) is 3.93. The summed E-state index contributed by atoms with van der Waals surface area (Å²) < 4.78 is 25.1. The van der Waals surface area contributed by atoms with Crippen LogP contribution in [0.1, 0.15) is 6.92 Å². The highest BCUT2D eigenvalue weighted by Gasteiger charge is 2.24. The van der Waals surface area contributed by atoms with Crippen LogP contribution >= 0.6 is 0 Å². The molecule has 0 aliphatic heterocycles. The highest BCUT2D eigenvalue weighted by molar-refractivity contribution is 7.86. The summed E-state index contributed by atoms with van der Waals surface area (Å²) in [6.07, 6.45) is 0. The summed E-state index contributed by atoms with van der Waals surface area (Å²) in [6, 6.07) is 3.63. The van der Waals surface area contributed by atoms with Gasteiger partial charge in [0.2, 0.25) is 5.91 Å². The fourth-order valence-corrected chi connectivity index (χ4v) is 2.63. The van der Waals surface area contributed by atoms with E-state index in [1.165, 1.54) is 24.0 Å². The second-order valence-electron chi connectivity index (χ2n) is 3.85. The van der Waals surface area contributed by atoms with E-state index in [0.29, 0.717) is 0 Å². The van der Waals surface area contributed by atoms with E-state index >= 15 is 0 Å². The normalized spacial score (nSPS) is 14.1. The Hall–Kier alpha value is -1.43. The zero-order valence-electron chi connectivity index (χ0n) is 9.94. The molecule has 0 saturated carbocycles. The molecule has 4 nitrogen and oxygen atoms in total. The third-order valence-electron chi connectivity index (χ3n) is 2.30. The minimum absolute atomic E-state index is 0.160. The van der Waals surface area contributed by atoms with Crippen molar-refractivity contribution in [3.05, 3.63) is 24.0 Å². The van der Waals surface area contributed by atoms with E-state index in [1.54, 1.807) is 14.1 Å². The first kappa shape index (κ1) is 13.6. The molecular formula is C11H15FN2O2S. The van der Waals surface area contributed by atoms with E-state index in [1.807, 2.05) is 0 Å². The number of halogens is 1. The molecule has 2 atom stereocenters. The Bertz CT molecular complexity index is 463. The quantitative estimate of drug-likeness (QED) is 0.822. The first-order valence-electron chi connectivity index (χ1n) is 5.01. The monoisotopic (exact) mass is 258 g/mol. The van der Waals surface area contributed by atoms with Gasteiger partial charge in [-0.3, -0.25) is 9.00 Å². The number of hydrogen-bond donors (Lipinski definition) is 1. The predicted octanol–water partition coefficient (Wildman–Crippen LogP) is 0.992. The van der Waals surface area contributed by atoms with E-state index in [2.05, 4.69) is 0 Å². The molecule has 2 unspecified atom stereocenters. The van der Waals surface area contributed by atoms with Crippen LogP contribution in [0.25, 0.3) is 0 Å². The molecule has 0 heterocycles. The Labute approximate surface area is 102 Å². The number of amides is 1. The molecule has 0 aliphatic carbocycles. The fourth-order valence-electron chi connectivity index (χ4n) is 1.33. The van der Waals surface area contributed by atoms with E-state index in [9.17, 15) is 13.4 Å². The van der Waals surface area contributed by atoms with Crippen LogP contribution < -0.4 is 5.73 Å². The second kappa shape index (κ2) is 5.27. The fraction of sp³-hybridized carbons (Fsp3) is 0.364. The van der Waals surface area contributed by atoms with Crippen LogP contribution in [0.15, 0.2) is 23.1 Å². The van der Waals surface area contributed by atoms with Crippen molar-refractivity contribution >= 4 is 22.4 Å². The van der Waals surface area contributed by atoms with Crippen molar-refractivity contribution < 1.29 is 13.4 Å². The summed E-state index contributed by atoms with van der Waals surface area (Å²) in [6.45, 7) is 1.53. The standard InChI is InChI=1S/C11H15FN2O2S/c1-7(11(15)14(2)3)17(16)10-6-8(12)4-5-9(10)13/h4-7H,13H2,1-3H3. The van der Waals surface area contributed by atoms with Gasteiger partial charge in [0.25, 0.3) is 0 Å². The van der Waals surface area contributed by atoms with Crippen LogP contribution in [0.3, 0.4) is 0 Å². The SMILES string of the molecule is CC(C(=O)N(C)C)S(=O)c1cc(F)ccc1N. The number of carbonyl (C=O) groups excluding carboxylic acids is 1. The lowest BCUT2D eigenvalue weighted by Crippen LogP contribution is -2.34. The number of nitrogen functional groups attached to an aromatic ring is 1. The molecule has 1 aromatic carbocycles. The number of benzene rings is 1. The van der Waals surface area contributed by atoms with Crippen molar-refractivity contribution in [1.29, 1.82) is 0 Å². The first-order valence-corrected chi connectivity index (χ1v) is 6.22. The van der Waals surface area contributed by atoms with Gasteiger partial charge >= 0.3 is 0 Å². The number of hydrogen-bond acceptors (Lipinski definition) is 3. The van der Waals surface area contributed by atoms with E-state index in [0.717, 1.165) is 6.07 Å². The smallest absolute Gasteiger partial charge is 0.237 e. The summed E-state index contributed by atoms with van der Waals surface area (Å²) >= 11 is 0. The van der Waals surface area contributed by atoms with Gasteiger partial charge in [0, 0.05) is 19.8 Å². The highest BCUT2D eigenvalue weighted by Crippen LogP contribution is 2.20. The Balaban J connectivity index is 3.04. The Morgan fingerprint density at radius 1 is 1.47 bits per heavy atom. The van der Waals surface area contributed by atoms with Gasteiger partial charge in [-0.15, -0.1) is 0 Å². The third kappa shape index (κ3) is 3.03. The molecule has 2 N–H and O–H groups in total. The maximum Gasteiger partial charge on any atom is 0.237 e. The average Bonchev–Trinajstić information content (AvgIpc) is 2.29. The van der Waals surface area contributed by atoms with Crippen molar-refractivity contribution in [2.75, 3.05) is 19.8 Å². The zero-order valence-corrected chi connectivity index (χ0v) is 10.8. The van der Waals surface area contributed by atoms with Crippen LogP contribution in [0.4, 0.5) is 10.1 Å². The van der Waals surface area contributed by atoms with E-state index in [4.69, 9.17) is 5.73 Å². The van der Waals surface area contributed by atoms with Crippen LogP contribution in [0.5, 0.6) is 0 Å². The number of rotatable bonds is 3. The van der Waals surface area contributed by atoms with Crippen molar-refractivity contribution in [3.63, 3.8) is 0 Å². The van der Waals surface area contributed by atoms with Gasteiger partial charge < -0.3 is 10.6 Å². The Kier molecular flexibility index (Phi) is 4.22. The molecule has 94 valence electrons. The Morgan fingerprint density at radius 3 is 2.59 bits per heavy atom. The lowest BCUT2D eigenvalue weighted by atomic mass is 10.3. The van der Waals surface area contributed by atoms with Gasteiger partial charge in [0.1, 0.15) is 11.1 Å². The van der Waals surface area contributed by atoms with Gasteiger partial charge in [-0.2, -0.15) is 0 Å². The maximum atomic E-state index is 13.0. The summed E-state index contributed by atoms with van der Waals surface area (Å²) in [5, 5.41) is -0.755. The number of nitrogens with zero attached hydrogens (tertiary/aromatic N) is 1. The lowest BCUT2D eigenvalue weighted by Gasteiger charge is -2.17. The van der Waals surface area contributed by atoms with Gasteiger partial charge in [0.15, 0.2) is 0 Å². The predicted molar refractivity (Wildman–Crippen MR) is 65.4 cm³/mol. The number of nitrogens with two attached hydrogens (primary N) is 1. The lowest BCUT2D eigenvalue weighted by molar-refractivity contribution is -0.127. The largest absolute Gasteiger partial charge is 0.398 e. The molecule has 6 heteroatoms. The minimum Gasteiger partial charge on any atom is -0.398 e. The molecule has 0 radical (unpaired) electrons. The molecule has 0 spiro atoms. The molecule has 0 fully saturated rings. The summed E-state index contributed by atoms with van der Waals surface area (Å²) in [7, 11) is 1.49. The highest BCUT2D eigenvalue weighted by atomic mass is 32.2. The minimum atomic E-state index is -1.66. The van der Waals surface area contributed by atoms with E-state index < -0.39 is 21.9 Å². The molecule has 1 rings (SSSR count). The van der Waals surface area contributed by atoms with Gasteiger partial charge in [-0.05, 0) is 25.1 Å². The first-order chi connectivity index (χ1) is 7.84. The summed E-state index contributed by atoms with van der Waals surface area (Å²) in [5.41, 5.74) is 5.84. The average molecular weight is 258 g/mol. The van der Waals surface area contributed by atoms with Crippen LogP contribution in [0, 0.1) is 5.82 Å². The molecular weight excluding hydrogens is 243 g/mol. The van der Waals surface area contributed by atoms with Crippen molar-refractivity contribution in [2.45, 2.75) is 17.1 Å². The molecule has 0 aliphatic rings. The topological polar surface area (TPSA) is 63.4 Å². The summed E-state index contributed by atoms with van der Waals surface area (Å²) in [4.78, 5) is 13.2. The maximum absolute atomic E-state index is 13.0. The molecule has 17 heavy (non-hydrogen) atoms. The van der Waals surface area contributed by atoms with Gasteiger partial charge in [0.05, 0.1) is 15.7 Å². The zero-order chi connectivity index (χ0) is 13.2. The van der Waals surface area contributed by atoms with Crippen molar-refractivity contribution in [2.24, 2.45) is 0 Å².